The molecular formula is C16H20N2O. The lowest BCUT2D eigenvalue weighted by atomic mass is 9.48. The summed E-state index contributed by atoms with van der Waals surface area (Å²) in [6, 6.07) is 4.06. The number of amides is 1. The topological polar surface area (TPSA) is 56.0 Å². The standard InChI is InChI=1S/C16H20N2O/c17-15(19)14-13(2-1-3-18-14)16-7-10-4-11(8-16)6-12(5-10)9-16/h1-3,10-12H,4-9H2,(H2,17,19). The zero-order valence-corrected chi connectivity index (χ0v) is 11.1. The second-order valence-corrected chi connectivity index (χ2v) is 6.96. The fourth-order valence-corrected chi connectivity index (χ4v) is 5.47. The second kappa shape index (κ2) is 3.81. The lowest BCUT2D eigenvalue weighted by molar-refractivity contribution is -0.00570. The van der Waals surface area contributed by atoms with E-state index in [1.165, 1.54) is 38.5 Å². The van der Waals surface area contributed by atoms with Crippen molar-refractivity contribution in [3.63, 3.8) is 0 Å². The van der Waals surface area contributed by atoms with E-state index in [0.29, 0.717) is 5.69 Å². The Labute approximate surface area is 113 Å². The maximum absolute atomic E-state index is 11.7. The second-order valence-electron chi connectivity index (χ2n) is 6.96. The van der Waals surface area contributed by atoms with Gasteiger partial charge >= 0.3 is 0 Å². The van der Waals surface area contributed by atoms with Gasteiger partial charge in [0.25, 0.3) is 5.91 Å². The SMILES string of the molecule is NC(=O)c1ncccc1C12CC3CC(CC(C3)C1)C2. The molecule has 4 fully saturated rings. The highest BCUT2D eigenvalue weighted by molar-refractivity contribution is 5.92. The van der Waals surface area contributed by atoms with Crippen molar-refractivity contribution in [1.82, 2.24) is 4.98 Å². The monoisotopic (exact) mass is 256 g/mol. The summed E-state index contributed by atoms with van der Waals surface area (Å²) < 4.78 is 0. The Balaban J connectivity index is 1.82. The number of carbonyl (C=O) groups excluding carboxylic acids is 1. The first-order chi connectivity index (χ1) is 9.16. The Morgan fingerprint density at radius 3 is 2.26 bits per heavy atom. The Morgan fingerprint density at radius 2 is 1.74 bits per heavy atom. The number of nitrogens with two attached hydrogens (primary N) is 1. The van der Waals surface area contributed by atoms with E-state index in [4.69, 9.17) is 5.73 Å². The van der Waals surface area contributed by atoms with Crippen molar-refractivity contribution in [3.05, 3.63) is 29.6 Å². The highest BCUT2D eigenvalue weighted by Crippen LogP contribution is 2.60. The van der Waals surface area contributed by atoms with Crippen LogP contribution in [0.1, 0.15) is 54.6 Å². The third kappa shape index (κ3) is 1.63. The number of primary amides is 1. The molecule has 1 heterocycles. The molecule has 19 heavy (non-hydrogen) atoms. The number of hydrogen-bond acceptors (Lipinski definition) is 2. The van der Waals surface area contributed by atoms with Crippen LogP contribution < -0.4 is 5.73 Å². The smallest absolute Gasteiger partial charge is 0.267 e. The van der Waals surface area contributed by atoms with E-state index in [9.17, 15) is 4.79 Å². The van der Waals surface area contributed by atoms with Gasteiger partial charge in [0.05, 0.1) is 0 Å². The molecule has 2 N–H and O–H groups in total. The minimum absolute atomic E-state index is 0.202. The quantitative estimate of drug-likeness (QED) is 0.884. The van der Waals surface area contributed by atoms with Gasteiger partial charge in [-0.15, -0.1) is 0 Å². The molecule has 0 atom stereocenters. The fraction of sp³-hybridized carbons (Fsp3) is 0.625. The molecular weight excluding hydrogens is 236 g/mol. The van der Waals surface area contributed by atoms with E-state index in [2.05, 4.69) is 11.1 Å². The van der Waals surface area contributed by atoms with E-state index in [1.54, 1.807) is 6.20 Å². The molecule has 100 valence electrons. The van der Waals surface area contributed by atoms with Gasteiger partial charge in [-0.25, -0.2) is 0 Å². The van der Waals surface area contributed by atoms with Gasteiger partial charge < -0.3 is 5.73 Å². The van der Waals surface area contributed by atoms with Crippen LogP contribution in [0.4, 0.5) is 0 Å². The molecule has 0 unspecified atom stereocenters. The molecule has 0 spiro atoms. The summed E-state index contributed by atoms with van der Waals surface area (Å²) in [4.78, 5) is 15.9. The molecule has 4 aliphatic carbocycles. The summed E-state index contributed by atoms with van der Waals surface area (Å²) in [5.74, 6) is 2.23. The molecule has 5 rings (SSSR count). The summed E-state index contributed by atoms with van der Waals surface area (Å²) in [5.41, 5.74) is 7.39. The van der Waals surface area contributed by atoms with E-state index >= 15 is 0 Å². The van der Waals surface area contributed by atoms with Crippen molar-refractivity contribution in [2.24, 2.45) is 23.5 Å². The van der Waals surface area contributed by atoms with Gasteiger partial charge in [0, 0.05) is 6.20 Å². The summed E-state index contributed by atoms with van der Waals surface area (Å²) in [7, 11) is 0. The average molecular weight is 256 g/mol. The minimum Gasteiger partial charge on any atom is -0.364 e. The van der Waals surface area contributed by atoms with E-state index < -0.39 is 0 Å². The van der Waals surface area contributed by atoms with E-state index in [-0.39, 0.29) is 11.3 Å². The Kier molecular flexibility index (Phi) is 2.30. The molecule has 0 aliphatic heterocycles. The van der Waals surface area contributed by atoms with Crippen LogP contribution in [0.5, 0.6) is 0 Å². The largest absolute Gasteiger partial charge is 0.364 e. The average Bonchev–Trinajstić information content (AvgIpc) is 2.37. The normalized spacial score (nSPS) is 39.5. The zero-order valence-electron chi connectivity index (χ0n) is 11.1. The van der Waals surface area contributed by atoms with Crippen LogP contribution in [0.2, 0.25) is 0 Å². The van der Waals surface area contributed by atoms with E-state index in [0.717, 1.165) is 23.3 Å². The Morgan fingerprint density at radius 1 is 1.16 bits per heavy atom. The van der Waals surface area contributed by atoms with Gasteiger partial charge in [-0.1, -0.05) is 6.07 Å². The van der Waals surface area contributed by atoms with Crippen molar-refractivity contribution in [1.29, 1.82) is 0 Å². The molecule has 1 amide bonds. The molecule has 1 aromatic heterocycles. The molecule has 3 nitrogen and oxygen atoms in total. The lowest BCUT2D eigenvalue weighted by Crippen LogP contribution is -2.49. The summed E-state index contributed by atoms with van der Waals surface area (Å²) in [6.45, 7) is 0. The van der Waals surface area contributed by atoms with Gasteiger partial charge in [-0.05, 0) is 73.3 Å². The van der Waals surface area contributed by atoms with Crippen LogP contribution >= 0.6 is 0 Å². The van der Waals surface area contributed by atoms with Gasteiger partial charge in [0.15, 0.2) is 0 Å². The predicted molar refractivity (Wildman–Crippen MR) is 72.6 cm³/mol. The number of rotatable bonds is 2. The van der Waals surface area contributed by atoms with Crippen LogP contribution in [-0.4, -0.2) is 10.9 Å². The predicted octanol–water partition coefficient (Wildman–Crippen LogP) is 2.65. The summed E-state index contributed by atoms with van der Waals surface area (Å²) >= 11 is 0. The lowest BCUT2D eigenvalue weighted by Gasteiger charge is -2.57. The summed E-state index contributed by atoms with van der Waals surface area (Å²) in [5, 5.41) is 0. The van der Waals surface area contributed by atoms with Crippen molar-refractivity contribution >= 4 is 5.91 Å². The molecule has 0 radical (unpaired) electrons. The van der Waals surface area contributed by atoms with Crippen molar-refractivity contribution in [2.75, 3.05) is 0 Å². The van der Waals surface area contributed by atoms with Crippen LogP contribution in [-0.2, 0) is 5.41 Å². The van der Waals surface area contributed by atoms with Gasteiger partial charge in [-0.3, -0.25) is 9.78 Å². The van der Waals surface area contributed by atoms with Crippen molar-refractivity contribution in [3.8, 4) is 0 Å². The number of aromatic nitrogens is 1. The van der Waals surface area contributed by atoms with E-state index in [1.807, 2.05) is 6.07 Å². The first kappa shape index (κ1) is 11.4. The Bertz CT molecular complexity index is 502. The van der Waals surface area contributed by atoms with Gasteiger partial charge in [0.2, 0.25) is 0 Å². The van der Waals surface area contributed by atoms with Crippen molar-refractivity contribution in [2.45, 2.75) is 43.9 Å². The molecule has 1 aromatic rings. The fourth-order valence-electron chi connectivity index (χ4n) is 5.47. The highest BCUT2D eigenvalue weighted by Gasteiger charge is 2.52. The zero-order chi connectivity index (χ0) is 13.0. The highest BCUT2D eigenvalue weighted by atomic mass is 16.1. The molecule has 0 aromatic carbocycles. The Hall–Kier alpha value is -1.38. The third-order valence-electron chi connectivity index (χ3n) is 5.65. The molecule has 4 aliphatic rings. The minimum atomic E-state index is -0.369. The number of pyridine rings is 1. The molecule has 4 bridgehead atoms. The molecule has 0 saturated heterocycles. The maximum atomic E-state index is 11.7. The van der Waals surface area contributed by atoms with Crippen molar-refractivity contribution < 1.29 is 4.79 Å². The molecule has 3 heteroatoms. The maximum Gasteiger partial charge on any atom is 0.267 e. The third-order valence-corrected chi connectivity index (χ3v) is 5.65. The van der Waals surface area contributed by atoms with Crippen LogP contribution in [0, 0.1) is 17.8 Å². The first-order valence-corrected chi connectivity index (χ1v) is 7.41. The summed E-state index contributed by atoms with van der Waals surface area (Å²) in [6.07, 6.45) is 9.63. The van der Waals surface area contributed by atoms with Crippen LogP contribution in [0.25, 0.3) is 0 Å². The van der Waals surface area contributed by atoms with Gasteiger partial charge in [0.1, 0.15) is 5.69 Å². The molecule has 4 saturated carbocycles. The number of carbonyl (C=O) groups is 1. The van der Waals surface area contributed by atoms with Crippen LogP contribution in [0.3, 0.4) is 0 Å². The van der Waals surface area contributed by atoms with Gasteiger partial charge in [-0.2, -0.15) is 0 Å². The number of hydrogen-bond donors (Lipinski definition) is 1. The van der Waals surface area contributed by atoms with Crippen LogP contribution in [0.15, 0.2) is 18.3 Å². The first-order valence-electron chi connectivity index (χ1n) is 7.41. The number of nitrogens with zero attached hydrogens (tertiary/aromatic N) is 1.